The Morgan fingerprint density at radius 2 is 1.05 bits per heavy atom. The van der Waals surface area contributed by atoms with Gasteiger partial charge in [0.1, 0.15) is 17.3 Å². The van der Waals surface area contributed by atoms with Crippen molar-refractivity contribution in [3.05, 3.63) is 272 Å². The van der Waals surface area contributed by atoms with Crippen LogP contribution in [0.4, 0.5) is 22.7 Å². The molecule has 0 saturated carbocycles. The van der Waals surface area contributed by atoms with Crippen molar-refractivity contribution in [1.82, 2.24) is 9.55 Å². The number of anilines is 4. The van der Waals surface area contributed by atoms with E-state index in [0.29, 0.717) is 56.6 Å². The molecular formula is C74H59N4O2Pt-3. The quantitative estimate of drug-likeness (QED) is 0.121. The Bertz CT molecular complexity index is 5010. The molecule has 0 N–H and O–H groups in total. The zero-order valence-corrected chi connectivity index (χ0v) is 47.2. The summed E-state index contributed by atoms with van der Waals surface area (Å²) in [6.45, 7) is 13.9. The smallest absolute Gasteiger partial charge is 0.143 e. The van der Waals surface area contributed by atoms with Crippen LogP contribution in [0.5, 0.6) is 23.0 Å². The molecule has 1 aliphatic heterocycles. The van der Waals surface area contributed by atoms with E-state index in [1.807, 2.05) is 121 Å². The van der Waals surface area contributed by atoms with E-state index in [9.17, 15) is 5.48 Å². The van der Waals surface area contributed by atoms with Gasteiger partial charge in [-0.25, -0.2) is 4.98 Å². The standard InChI is InChI=1S/C74H59N4O2.Pt/c1-73(2,3)54-38-36-53(37-39-54)61-32-21-31-60(50-22-10-7-11-23-50)72(61)80-59-42-43-75-70(48-59)78-66-33-17-16-30-62(66)63-41-40-58(47-69(63)78)79-57-29-20-28-56(46-57)76-49-77(68-35-19-18-34-67(68)76)71-64(51-24-12-8-13-25-51)44-55(74(4,5)6)45-65(71)52-26-14-9-15-27-52;/h7-45,48-49H,1-6H3;/q-3;/i7D,8D,9D,10D,11D,12D,13D,14D,15D,22D,23D,24D,25D,26D,27D;. The minimum absolute atomic E-state index is 0. The summed E-state index contributed by atoms with van der Waals surface area (Å²) in [5.41, 5.74) is 5.82. The average molecular weight is 1250 g/mol. The van der Waals surface area contributed by atoms with Gasteiger partial charge in [0, 0.05) is 89.7 Å². The minimum Gasteiger partial charge on any atom is -0.509 e. The van der Waals surface area contributed by atoms with Crippen LogP contribution in [0.15, 0.2) is 242 Å². The summed E-state index contributed by atoms with van der Waals surface area (Å²) in [4.78, 5) is 8.45. The van der Waals surface area contributed by atoms with Crippen molar-refractivity contribution in [2.45, 2.75) is 52.4 Å². The Kier molecular flexibility index (Phi) is 10.1. The van der Waals surface area contributed by atoms with E-state index in [4.69, 9.17) is 29.5 Å². The van der Waals surface area contributed by atoms with E-state index >= 15 is 0 Å². The number of hydrogen-bond donors (Lipinski definition) is 0. The Labute approximate surface area is 510 Å². The van der Waals surface area contributed by atoms with Gasteiger partial charge in [-0.2, -0.15) is 12.1 Å². The molecule has 13 rings (SSSR count). The van der Waals surface area contributed by atoms with E-state index in [-0.39, 0.29) is 83.6 Å². The van der Waals surface area contributed by atoms with Crippen molar-refractivity contribution in [1.29, 1.82) is 0 Å². The molecule has 3 heterocycles. The van der Waals surface area contributed by atoms with E-state index in [2.05, 4.69) is 32.9 Å². The largest absolute Gasteiger partial charge is 0.509 e. The molecule has 2 aromatic heterocycles. The van der Waals surface area contributed by atoms with Crippen LogP contribution in [0.1, 0.15) is 73.2 Å². The first-order valence-electron chi connectivity index (χ1n) is 33.6. The van der Waals surface area contributed by atoms with Crippen molar-refractivity contribution >= 4 is 44.6 Å². The van der Waals surface area contributed by atoms with Crippen LogP contribution in [0, 0.1) is 18.8 Å². The molecule has 0 atom stereocenters. The second kappa shape index (κ2) is 21.6. The van der Waals surface area contributed by atoms with Crippen LogP contribution >= 0.6 is 0 Å². The monoisotopic (exact) mass is 1250 g/mol. The van der Waals surface area contributed by atoms with Gasteiger partial charge in [0.25, 0.3) is 0 Å². The topological polar surface area (TPSA) is 42.8 Å². The molecule has 0 unspecified atom stereocenters. The van der Waals surface area contributed by atoms with Gasteiger partial charge in [0.15, 0.2) is 0 Å². The third-order valence-corrected chi connectivity index (χ3v) is 14.2. The Morgan fingerprint density at radius 1 is 0.481 bits per heavy atom. The first-order chi connectivity index (χ1) is 45.1. The predicted molar refractivity (Wildman–Crippen MR) is 330 cm³/mol. The summed E-state index contributed by atoms with van der Waals surface area (Å²) in [5, 5.41) is 1.72. The number of para-hydroxylation sites is 4. The van der Waals surface area contributed by atoms with Crippen LogP contribution in [-0.4, -0.2) is 9.55 Å². The molecule has 12 aromatic rings. The number of fused-ring (bicyclic) bond motifs is 4. The number of benzene rings is 10. The Hall–Kier alpha value is -8.96. The first-order valence-corrected chi connectivity index (χ1v) is 26.1. The van der Waals surface area contributed by atoms with Crippen LogP contribution in [0.2, 0.25) is 0 Å². The predicted octanol–water partition coefficient (Wildman–Crippen LogP) is 20.0. The summed E-state index contributed by atoms with van der Waals surface area (Å²) in [6.07, 6.45) is 1.61. The van der Waals surface area contributed by atoms with Gasteiger partial charge in [-0.3, -0.25) is 0 Å². The van der Waals surface area contributed by atoms with E-state index in [1.165, 1.54) is 0 Å². The summed E-state index contributed by atoms with van der Waals surface area (Å²) in [7, 11) is 0. The summed E-state index contributed by atoms with van der Waals surface area (Å²) in [5.74, 6) is 1.65. The Morgan fingerprint density at radius 3 is 1.69 bits per heavy atom. The fourth-order valence-electron chi connectivity index (χ4n) is 10.2. The fraction of sp³-hybridized carbons (Fsp3) is 0.108. The van der Waals surface area contributed by atoms with Crippen LogP contribution < -0.4 is 19.3 Å². The number of pyridine rings is 1. The van der Waals surface area contributed by atoms with Gasteiger partial charge in [0.2, 0.25) is 0 Å². The molecule has 0 bridgehead atoms. The van der Waals surface area contributed by atoms with Crippen LogP contribution in [0.3, 0.4) is 0 Å². The molecule has 1 aliphatic rings. The molecule has 10 aromatic carbocycles. The maximum Gasteiger partial charge on any atom is 0.143 e. The zero-order chi connectivity index (χ0) is 67.6. The van der Waals surface area contributed by atoms with Gasteiger partial charge in [-0.05, 0) is 86.0 Å². The van der Waals surface area contributed by atoms with Crippen molar-refractivity contribution in [2.75, 3.05) is 9.80 Å². The number of ether oxygens (including phenoxy) is 2. The number of hydrogen-bond acceptors (Lipinski definition) is 5. The van der Waals surface area contributed by atoms with Crippen molar-refractivity contribution < 1.29 is 51.1 Å². The fourth-order valence-corrected chi connectivity index (χ4v) is 10.2. The molecule has 400 valence electrons. The Balaban J connectivity index is 0.00000881. The molecule has 0 saturated heterocycles. The first kappa shape index (κ1) is 37.8. The minimum atomic E-state index is -0.671. The van der Waals surface area contributed by atoms with Gasteiger partial charge in [0.05, 0.1) is 20.6 Å². The molecule has 0 aliphatic carbocycles. The normalized spacial score (nSPS) is 15.0. The van der Waals surface area contributed by atoms with Gasteiger partial charge >= 0.3 is 0 Å². The van der Waals surface area contributed by atoms with E-state index < -0.39 is 84.0 Å². The number of rotatable bonds is 11. The number of nitrogens with zero attached hydrogens (tertiary/aromatic N) is 4. The molecule has 0 spiro atoms. The van der Waals surface area contributed by atoms with Gasteiger partial charge in [-0.15, -0.1) is 48.1 Å². The maximum atomic E-state index is 9.31. The van der Waals surface area contributed by atoms with Crippen molar-refractivity contribution in [3.8, 4) is 73.3 Å². The summed E-state index contributed by atoms with van der Waals surface area (Å²) < 4.78 is 149. The van der Waals surface area contributed by atoms with Crippen LogP contribution in [0.25, 0.3) is 72.1 Å². The summed E-state index contributed by atoms with van der Waals surface area (Å²) in [6, 6.07) is 43.9. The number of aromatic nitrogens is 2. The molecule has 6 nitrogen and oxygen atoms in total. The second-order valence-corrected chi connectivity index (χ2v) is 21.4. The third kappa shape index (κ3) is 10.2. The molecule has 0 amide bonds. The van der Waals surface area contributed by atoms with Crippen molar-refractivity contribution in [3.63, 3.8) is 0 Å². The zero-order valence-electron chi connectivity index (χ0n) is 59.9. The average Bonchev–Trinajstić information content (AvgIpc) is 0.788. The van der Waals surface area contributed by atoms with Gasteiger partial charge in [-0.1, -0.05) is 210 Å². The van der Waals surface area contributed by atoms with Gasteiger partial charge < -0.3 is 23.8 Å². The third-order valence-electron chi connectivity index (χ3n) is 14.2. The molecule has 0 fully saturated rings. The van der Waals surface area contributed by atoms with E-state index in [1.54, 1.807) is 72.4 Å². The van der Waals surface area contributed by atoms with Crippen LogP contribution in [-0.2, 0) is 31.9 Å². The molecule has 0 radical (unpaired) electrons. The molecule has 7 heteroatoms. The summed E-state index contributed by atoms with van der Waals surface area (Å²) >= 11 is 0. The SMILES string of the molecule is [2H]c1c([2H])c([2H])c(-c2cccc(-c3ccc(C(C)(C)C)cc3)c2Oc2ccnc(-n3c4[c-]c(Oc5[c-]c(N6[CH-]N(c7c(-c8c([2H])c([2H])c([2H])c([2H])c8[2H])cc(C(C)(C)C)cc7-c7c([2H])c([2H])c([2H])c([2H])c7[2H])c7ccccc76)ccc5)ccc4c4ccccc43)c2)c([2H])c1[2H].[Pt]. The maximum absolute atomic E-state index is 9.31. The second-order valence-electron chi connectivity index (χ2n) is 21.4. The van der Waals surface area contributed by atoms with E-state index in [0.717, 1.165) is 27.4 Å². The molecule has 81 heavy (non-hydrogen) atoms. The molecular weight excluding hydrogens is 1170 g/mol. The van der Waals surface area contributed by atoms with Crippen molar-refractivity contribution in [2.24, 2.45) is 0 Å².